The maximum absolute atomic E-state index is 11.0. The first-order chi connectivity index (χ1) is 6.50. The fraction of sp³-hybridized carbons (Fsp3) is 0.333. The van der Waals surface area contributed by atoms with E-state index in [1.807, 2.05) is 0 Å². The Bertz CT molecular complexity index is 455. The van der Waals surface area contributed by atoms with Crippen LogP contribution in [0.3, 0.4) is 0 Å². The third kappa shape index (κ3) is 1.51. The molecule has 1 aliphatic rings. The molecule has 0 bridgehead atoms. The summed E-state index contributed by atoms with van der Waals surface area (Å²) in [5.74, 6) is -0.474. The molecule has 0 saturated carbocycles. The molecule has 0 aliphatic carbocycles. The van der Waals surface area contributed by atoms with Crippen molar-refractivity contribution in [3.63, 3.8) is 0 Å². The number of carbonyl (C=O) groups is 1. The van der Waals surface area contributed by atoms with Gasteiger partial charge in [0.05, 0.1) is 18.0 Å². The number of hydrogen-bond donors (Lipinski definition) is 0. The molecular weight excluding hydrogens is 248 g/mol. The minimum atomic E-state index is -3.96. The molecule has 14 heavy (non-hydrogen) atoms. The van der Waals surface area contributed by atoms with E-state index in [-0.39, 0.29) is 6.42 Å². The molecule has 1 unspecified atom stereocenters. The van der Waals surface area contributed by atoms with Gasteiger partial charge in [0.25, 0.3) is 0 Å². The number of aromatic nitrogens is 1. The first-order valence-corrected chi connectivity index (χ1v) is 6.80. The normalized spacial score (nSPS) is 22.2. The van der Waals surface area contributed by atoms with Crippen LogP contribution in [0, 0.1) is 0 Å². The Labute approximate surface area is 88.9 Å². The second-order valence-corrected chi connectivity index (χ2v) is 6.06. The van der Waals surface area contributed by atoms with Gasteiger partial charge in [-0.2, -0.15) is 8.42 Å². The van der Waals surface area contributed by atoms with Gasteiger partial charge in [0.2, 0.25) is 5.91 Å². The molecule has 0 aromatic carbocycles. The van der Waals surface area contributed by atoms with Crippen LogP contribution in [0.5, 0.6) is 0 Å². The fourth-order valence-corrected chi connectivity index (χ4v) is 3.39. The van der Waals surface area contributed by atoms with Crippen molar-refractivity contribution < 1.29 is 13.2 Å². The Hall–Kier alpha value is -0.660. The van der Waals surface area contributed by atoms with Crippen LogP contribution in [0.1, 0.15) is 17.3 Å². The van der Waals surface area contributed by atoms with Crippen molar-refractivity contribution in [2.24, 2.45) is 0 Å². The number of halogens is 1. The maximum atomic E-state index is 11.0. The highest BCUT2D eigenvalue weighted by atomic mass is 35.7. The summed E-state index contributed by atoms with van der Waals surface area (Å²) in [6.07, 6.45) is 1.71. The van der Waals surface area contributed by atoms with Gasteiger partial charge in [-0.05, 0) is 0 Å². The molecule has 5 nitrogen and oxygen atoms in total. The number of thiazole rings is 1. The molecule has 2 heterocycles. The van der Waals surface area contributed by atoms with E-state index in [1.54, 1.807) is 5.51 Å². The van der Waals surface area contributed by atoms with Crippen LogP contribution in [0.2, 0.25) is 0 Å². The largest absolute Gasteiger partial charge is 0.324 e. The molecule has 2 rings (SSSR count). The summed E-state index contributed by atoms with van der Waals surface area (Å²) in [5.41, 5.74) is 1.58. The third-order valence-corrected chi connectivity index (χ3v) is 4.16. The summed E-state index contributed by atoms with van der Waals surface area (Å²) in [5, 5.41) is 0. The Morgan fingerprint density at radius 2 is 2.36 bits per heavy atom. The minimum absolute atomic E-state index is 0.175. The van der Waals surface area contributed by atoms with Crippen LogP contribution in [0.4, 0.5) is 0 Å². The SMILES string of the molecule is O=C1CC(c2cncs2)N1S(=O)(=O)Cl. The average Bonchev–Trinajstić information content (AvgIpc) is 2.47. The lowest BCUT2D eigenvalue weighted by Gasteiger charge is -2.35. The van der Waals surface area contributed by atoms with Gasteiger partial charge in [0.15, 0.2) is 0 Å². The number of amides is 1. The van der Waals surface area contributed by atoms with Gasteiger partial charge in [-0.1, -0.05) is 0 Å². The van der Waals surface area contributed by atoms with Crippen LogP contribution in [-0.2, 0) is 14.0 Å². The number of nitrogens with zero attached hydrogens (tertiary/aromatic N) is 2. The highest BCUT2D eigenvalue weighted by Crippen LogP contribution is 2.39. The predicted octanol–water partition coefficient (Wildman–Crippen LogP) is 0.900. The van der Waals surface area contributed by atoms with E-state index < -0.39 is 21.2 Å². The molecule has 0 N–H and O–H groups in total. The van der Waals surface area contributed by atoms with Crippen LogP contribution >= 0.6 is 22.0 Å². The van der Waals surface area contributed by atoms with Gasteiger partial charge in [-0.25, -0.2) is 4.31 Å². The van der Waals surface area contributed by atoms with Crippen molar-refractivity contribution in [3.05, 3.63) is 16.6 Å². The summed E-state index contributed by atoms with van der Waals surface area (Å²) >= 11 is 1.30. The Morgan fingerprint density at radius 1 is 1.64 bits per heavy atom. The standard InChI is InChI=1S/C6H5ClN2O3S2/c7-14(11,12)9-4(1-6(9)10)5-2-8-3-13-5/h2-4H,1H2. The molecular formula is C6H5ClN2O3S2. The Morgan fingerprint density at radius 3 is 2.79 bits per heavy atom. The minimum Gasteiger partial charge on any atom is -0.274 e. The zero-order chi connectivity index (χ0) is 10.3. The maximum Gasteiger partial charge on any atom is 0.324 e. The predicted molar refractivity (Wildman–Crippen MR) is 51.1 cm³/mol. The van der Waals surface area contributed by atoms with Gasteiger partial charge in [-0.3, -0.25) is 9.78 Å². The number of carbonyl (C=O) groups excluding carboxylic acids is 1. The number of β-lactam (4-membered cyclic amide) rings is 1. The van der Waals surface area contributed by atoms with Gasteiger partial charge >= 0.3 is 9.24 Å². The van der Waals surface area contributed by atoms with Gasteiger partial charge < -0.3 is 0 Å². The number of hydrogen-bond acceptors (Lipinski definition) is 5. The smallest absolute Gasteiger partial charge is 0.274 e. The molecule has 1 amide bonds. The molecule has 1 aromatic rings. The molecule has 76 valence electrons. The van der Waals surface area contributed by atoms with E-state index in [9.17, 15) is 13.2 Å². The van der Waals surface area contributed by atoms with Crippen molar-refractivity contribution in [1.29, 1.82) is 0 Å². The molecule has 1 saturated heterocycles. The van der Waals surface area contributed by atoms with E-state index in [0.29, 0.717) is 4.31 Å². The second kappa shape index (κ2) is 3.18. The summed E-state index contributed by atoms with van der Waals surface area (Å²) in [7, 11) is 1.15. The van der Waals surface area contributed by atoms with Gasteiger partial charge in [0, 0.05) is 21.8 Å². The molecule has 1 fully saturated rings. The van der Waals surface area contributed by atoms with Crippen molar-refractivity contribution in [1.82, 2.24) is 9.29 Å². The summed E-state index contributed by atoms with van der Waals surface area (Å²) in [6.45, 7) is 0. The van der Waals surface area contributed by atoms with E-state index >= 15 is 0 Å². The molecule has 1 atom stereocenters. The number of rotatable bonds is 2. The van der Waals surface area contributed by atoms with Crippen molar-refractivity contribution in [3.8, 4) is 0 Å². The topological polar surface area (TPSA) is 67.3 Å². The highest BCUT2D eigenvalue weighted by Gasteiger charge is 2.45. The zero-order valence-electron chi connectivity index (χ0n) is 6.75. The molecule has 1 aliphatic heterocycles. The molecule has 1 aromatic heterocycles. The Balaban J connectivity index is 2.30. The van der Waals surface area contributed by atoms with E-state index in [1.165, 1.54) is 17.5 Å². The lowest BCUT2D eigenvalue weighted by Crippen LogP contribution is -2.47. The van der Waals surface area contributed by atoms with Crippen molar-refractivity contribution in [2.75, 3.05) is 0 Å². The van der Waals surface area contributed by atoms with E-state index in [0.717, 1.165) is 4.88 Å². The van der Waals surface area contributed by atoms with Gasteiger partial charge in [0.1, 0.15) is 0 Å². The van der Waals surface area contributed by atoms with Gasteiger partial charge in [-0.15, -0.1) is 11.3 Å². The molecule has 0 spiro atoms. The lowest BCUT2D eigenvalue weighted by molar-refractivity contribution is -0.137. The first-order valence-electron chi connectivity index (χ1n) is 3.65. The van der Waals surface area contributed by atoms with Crippen molar-refractivity contribution >= 4 is 37.2 Å². The third-order valence-electron chi connectivity index (χ3n) is 1.91. The summed E-state index contributed by atoms with van der Waals surface area (Å²) in [6, 6.07) is -0.461. The Kier molecular flexibility index (Phi) is 2.24. The van der Waals surface area contributed by atoms with Crippen LogP contribution in [0.15, 0.2) is 11.7 Å². The van der Waals surface area contributed by atoms with E-state index in [4.69, 9.17) is 10.7 Å². The summed E-state index contributed by atoms with van der Waals surface area (Å²) in [4.78, 5) is 15.6. The quantitative estimate of drug-likeness (QED) is 0.579. The monoisotopic (exact) mass is 252 g/mol. The van der Waals surface area contributed by atoms with Crippen molar-refractivity contribution in [2.45, 2.75) is 12.5 Å². The molecule has 0 radical (unpaired) electrons. The lowest BCUT2D eigenvalue weighted by atomic mass is 10.1. The van der Waals surface area contributed by atoms with Crippen LogP contribution < -0.4 is 0 Å². The zero-order valence-corrected chi connectivity index (χ0v) is 9.14. The summed E-state index contributed by atoms with van der Waals surface area (Å²) < 4.78 is 22.7. The first kappa shape index (κ1) is 9.88. The second-order valence-electron chi connectivity index (χ2n) is 2.76. The highest BCUT2D eigenvalue weighted by molar-refractivity contribution is 8.12. The van der Waals surface area contributed by atoms with Crippen LogP contribution in [0.25, 0.3) is 0 Å². The molecule has 8 heteroatoms. The van der Waals surface area contributed by atoms with Crippen LogP contribution in [-0.4, -0.2) is 23.6 Å². The average molecular weight is 253 g/mol. The van der Waals surface area contributed by atoms with E-state index in [2.05, 4.69) is 4.98 Å². The fourth-order valence-electron chi connectivity index (χ4n) is 1.28.